The van der Waals surface area contributed by atoms with Crippen LogP contribution in [-0.2, 0) is 9.47 Å². The largest absolute Gasteiger partial charge is 0.388 e. The van der Waals surface area contributed by atoms with E-state index in [4.69, 9.17) is 9.47 Å². The molecule has 0 amide bonds. The minimum atomic E-state index is -0.511. The van der Waals surface area contributed by atoms with Gasteiger partial charge in [0.15, 0.2) is 6.29 Å². The first-order valence-corrected chi connectivity index (χ1v) is 5.25. The van der Waals surface area contributed by atoms with Gasteiger partial charge in [-0.25, -0.2) is 0 Å². The maximum Gasteiger partial charge on any atom is 0.170 e. The second-order valence-electron chi connectivity index (χ2n) is 4.01. The van der Waals surface area contributed by atoms with Gasteiger partial charge >= 0.3 is 0 Å². The summed E-state index contributed by atoms with van der Waals surface area (Å²) < 4.78 is 10.8. The van der Waals surface area contributed by atoms with Gasteiger partial charge in [-0.05, 0) is 20.8 Å². The Kier molecular flexibility index (Phi) is 4.31. The molecule has 0 saturated carbocycles. The predicted octanol–water partition coefficient (Wildman–Crippen LogP) is 0.452. The summed E-state index contributed by atoms with van der Waals surface area (Å²) in [5.41, 5.74) is -0.511. The Labute approximate surface area is 85.8 Å². The van der Waals surface area contributed by atoms with E-state index in [1.165, 1.54) is 0 Å². The summed E-state index contributed by atoms with van der Waals surface area (Å²) in [5, 5.41) is 9.53. The molecule has 4 heteroatoms. The molecule has 1 rings (SSSR count). The fourth-order valence-corrected chi connectivity index (χ4v) is 1.78. The lowest BCUT2D eigenvalue weighted by Gasteiger charge is -2.45. The Hall–Kier alpha value is -0.160. The van der Waals surface area contributed by atoms with Crippen LogP contribution in [0.2, 0.25) is 0 Å². The highest BCUT2D eigenvalue weighted by atomic mass is 16.7. The number of rotatable bonds is 6. The van der Waals surface area contributed by atoms with E-state index in [9.17, 15) is 5.11 Å². The molecule has 0 radical (unpaired) electrons. The molecule has 1 heterocycles. The summed E-state index contributed by atoms with van der Waals surface area (Å²) >= 11 is 0. The summed E-state index contributed by atoms with van der Waals surface area (Å²) in [5.74, 6) is 0. The standard InChI is InChI=1S/C10H21NO3/c1-4-13-9(14-5-2)6-11-7-10(3,12)8-11/h9,12H,4-8H2,1-3H3. The first-order valence-electron chi connectivity index (χ1n) is 5.25. The molecular weight excluding hydrogens is 182 g/mol. The van der Waals surface area contributed by atoms with Gasteiger partial charge in [-0.1, -0.05) is 0 Å². The molecule has 0 aromatic rings. The Morgan fingerprint density at radius 2 is 1.79 bits per heavy atom. The lowest BCUT2D eigenvalue weighted by molar-refractivity contribution is -0.174. The van der Waals surface area contributed by atoms with E-state index in [0.29, 0.717) is 26.3 Å². The van der Waals surface area contributed by atoms with Crippen molar-refractivity contribution in [3.05, 3.63) is 0 Å². The summed E-state index contributed by atoms with van der Waals surface area (Å²) in [6.45, 7) is 9.26. The molecule has 84 valence electrons. The SMILES string of the molecule is CCOC(CN1CC(C)(O)C1)OCC. The van der Waals surface area contributed by atoms with E-state index in [1.807, 2.05) is 20.8 Å². The second kappa shape index (κ2) is 5.07. The molecule has 0 aromatic carbocycles. The number of nitrogens with zero attached hydrogens (tertiary/aromatic N) is 1. The number of β-amino-alcohol motifs (C(OH)–C–C–N with tert-alkyl or cyclic N) is 1. The number of likely N-dealkylation sites (tertiary alicyclic amines) is 1. The van der Waals surface area contributed by atoms with Crippen LogP contribution in [0.3, 0.4) is 0 Å². The molecule has 0 unspecified atom stereocenters. The van der Waals surface area contributed by atoms with Crippen molar-refractivity contribution in [1.29, 1.82) is 0 Å². The number of hydrogen-bond acceptors (Lipinski definition) is 4. The van der Waals surface area contributed by atoms with Gasteiger partial charge in [0.05, 0.1) is 5.60 Å². The molecule has 14 heavy (non-hydrogen) atoms. The average molecular weight is 203 g/mol. The molecule has 0 aliphatic carbocycles. The van der Waals surface area contributed by atoms with Gasteiger partial charge in [0.1, 0.15) is 0 Å². The molecule has 0 spiro atoms. The van der Waals surface area contributed by atoms with Crippen molar-refractivity contribution in [2.45, 2.75) is 32.7 Å². The summed E-state index contributed by atoms with van der Waals surface area (Å²) in [4.78, 5) is 2.13. The molecule has 1 fully saturated rings. The molecule has 4 nitrogen and oxygen atoms in total. The number of ether oxygens (including phenoxy) is 2. The third-order valence-electron chi connectivity index (χ3n) is 2.24. The van der Waals surface area contributed by atoms with Gasteiger partial charge in [0.25, 0.3) is 0 Å². The van der Waals surface area contributed by atoms with Crippen molar-refractivity contribution in [3.8, 4) is 0 Å². The molecule has 0 aromatic heterocycles. The summed E-state index contributed by atoms with van der Waals surface area (Å²) in [7, 11) is 0. The average Bonchev–Trinajstić information content (AvgIpc) is 2.01. The first-order chi connectivity index (χ1) is 6.57. The van der Waals surface area contributed by atoms with Gasteiger partial charge in [-0.2, -0.15) is 0 Å². The van der Waals surface area contributed by atoms with Crippen molar-refractivity contribution in [1.82, 2.24) is 4.90 Å². The zero-order valence-electron chi connectivity index (χ0n) is 9.32. The molecule has 1 aliphatic rings. The van der Waals surface area contributed by atoms with Gasteiger partial charge in [-0.3, -0.25) is 4.90 Å². The minimum absolute atomic E-state index is 0.152. The second-order valence-corrected chi connectivity index (χ2v) is 4.01. The van der Waals surface area contributed by atoms with Crippen LogP contribution in [0.5, 0.6) is 0 Å². The highest BCUT2D eigenvalue weighted by Gasteiger charge is 2.37. The van der Waals surface area contributed by atoms with Crippen LogP contribution in [-0.4, -0.2) is 54.7 Å². The molecule has 0 bridgehead atoms. The zero-order valence-corrected chi connectivity index (χ0v) is 9.32. The van der Waals surface area contributed by atoms with Crippen molar-refractivity contribution < 1.29 is 14.6 Å². The molecule has 1 aliphatic heterocycles. The topological polar surface area (TPSA) is 41.9 Å². The van der Waals surface area contributed by atoms with Crippen LogP contribution in [0.1, 0.15) is 20.8 Å². The monoisotopic (exact) mass is 203 g/mol. The lowest BCUT2D eigenvalue weighted by Crippen LogP contribution is -2.61. The van der Waals surface area contributed by atoms with Crippen molar-refractivity contribution in [2.75, 3.05) is 32.8 Å². The molecule has 1 N–H and O–H groups in total. The van der Waals surface area contributed by atoms with Crippen LogP contribution in [0.25, 0.3) is 0 Å². The molecule has 0 atom stereocenters. The smallest absolute Gasteiger partial charge is 0.170 e. The lowest BCUT2D eigenvalue weighted by atomic mass is 9.97. The van der Waals surface area contributed by atoms with E-state index < -0.39 is 5.60 Å². The number of hydrogen-bond donors (Lipinski definition) is 1. The Morgan fingerprint density at radius 3 is 2.14 bits per heavy atom. The van der Waals surface area contributed by atoms with Gasteiger partial charge in [0.2, 0.25) is 0 Å². The van der Waals surface area contributed by atoms with E-state index in [2.05, 4.69) is 4.90 Å². The fourth-order valence-electron chi connectivity index (χ4n) is 1.78. The van der Waals surface area contributed by atoms with Gasteiger partial charge in [-0.15, -0.1) is 0 Å². The van der Waals surface area contributed by atoms with Crippen molar-refractivity contribution in [3.63, 3.8) is 0 Å². The van der Waals surface area contributed by atoms with Crippen LogP contribution < -0.4 is 0 Å². The summed E-state index contributed by atoms with van der Waals surface area (Å²) in [6.07, 6.45) is -0.152. The molecule has 1 saturated heterocycles. The van der Waals surface area contributed by atoms with E-state index in [1.54, 1.807) is 0 Å². The third kappa shape index (κ3) is 3.53. The van der Waals surface area contributed by atoms with Crippen molar-refractivity contribution >= 4 is 0 Å². The number of aliphatic hydroxyl groups is 1. The Bertz CT molecular complexity index is 159. The van der Waals surface area contributed by atoms with Crippen LogP contribution in [0.15, 0.2) is 0 Å². The summed E-state index contributed by atoms with van der Waals surface area (Å²) in [6, 6.07) is 0. The van der Waals surface area contributed by atoms with Gasteiger partial charge < -0.3 is 14.6 Å². The maximum absolute atomic E-state index is 9.53. The predicted molar refractivity (Wildman–Crippen MR) is 54.1 cm³/mol. The van der Waals surface area contributed by atoms with Crippen LogP contribution >= 0.6 is 0 Å². The van der Waals surface area contributed by atoms with Gasteiger partial charge in [0, 0.05) is 32.8 Å². The quantitative estimate of drug-likeness (QED) is 0.637. The minimum Gasteiger partial charge on any atom is -0.388 e. The van der Waals surface area contributed by atoms with Crippen molar-refractivity contribution in [2.24, 2.45) is 0 Å². The van der Waals surface area contributed by atoms with Crippen LogP contribution in [0.4, 0.5) is 0 Å². The highest BCUT2D eigenvalue weighted by Crippen LogP contribution is 2.20. The Balaban J connectivity index is 2.20. The van der Waals surface area contributed by atoms with E-state index in [-0.39, 0.29) is 6.29 Å². The normalized spacial score (nSPS) is 21.2. The maximum atomic E-state index is 9.53. The van der Waals surface area contributed by atoms with E-state index in [0.717, 1.165) is 6.54 Å². The Morgan fingerprint density at radius 1 is 1.29 bits per heavy atom. The van der Waals surface area contributed by atoms with E-state index >= 15 is 0 Å². The molecular formula is C10H21NO3. The fraction of sp³-hybridized carbons (Fsp3) is 1.00. The first kappa shape index (κ1) is 11.9. The zero-order chi connectivity index (χ0) is 10.6. The van der Waals surface area contributed by atoms with Crippen LogP contribution in [0, 0.1) is 0 Å². The highest BCUT2D eigenvalue weighted by molar-refractivity contribution is 4.91. The third-order valence-corrected chi connectivity index (χ3v) is 2.24.